The number of ether oxygens (including phenoxy) is 1. The number of aryl methyl sites for hydroxylation is 2. The number of likely N-dealkylation sites (tertiary alicyclic amines) is 1. The summed E-state index contributed by atoms with van der Waals surface area (Å²) in [6.45, 7) is 6.21. The van der Waals surface area contributed by atoms with E-state index in [9.17, 15) is 8.78 Å². The second-order valence-electron chi connectivity index (χ2n) is 7.78. The molecule has 152 valence electrons. The summed E-state index contributed by atoms with van der Waals surface area (Å²) in [4.78, 5) is 2.31. The molecular weight excluding hydrogens is 364 g/mol. The van der Waals surface area contributed by atoms with E-state index in [0.717, 1.165) is 73.9 Å². The number of fused-ring (bicyclic) bond motifs is 1. The Bertz CT molecular complexity index is 830. The first-order valence-corrected chi connectivity index (χ1v) is 9.91. The van der Waals surface area contributed by atoms with E-state index < -0.39 is 6.61 Å². The van der Waals surface area contributed by atoms with Crippen LogP contribution in [-0.4, -0.2) is 45.9 Å². The molecule has 0 amide bonds. The van der Waals surface area contributed by atoms with Crippen LogP contribution in [0.25, 0.3) is 0 Å². The number of hydrogen-bond donors (Lipinski definition) is 1. The van der Waals surface area contributed by atoms with Crippen molar-refractivity contribution < 1.29 is 13.5 Å². The second kappa shape index (κ2) is 8.13. The van der Waals surface area contributed by atoms with Gasteiger partial charge in [-0.3, -0.25) is 4.90 Å². The average molecular weight is 391 g/mol. The molecule has 0 spiro atoms. The molecule has 0 atom stereocenters. The highest BCUT2D eigenvalue weighted by Gasteiger charge is 2.27. The molecule has 1 aromatic heterocycles. The highest BCUT2D eigenvalue weighted by molar-refractivity contribution is 5.41. The van der Waals surface area contributed by atoms with E-state index in [2.05, 4.69) is 25.0 Å². The van der Waals surface area contributed by atoms with Crippen molar-refractivity contribution in [2.24, 2.45) is 0 Å². The Morgan fingerprint density at radius 2 is 1.89 bits per heavy atom. The second-order valence-corrected chi connectivity index (χ2v) is 7.78. The average Bonchev–Trinajstić information content (AvgIpc) is 3.10. The number of alkyl halides is 2. The number of rotatable bonds is 5. The lowest BCUT2D eigenvalue weighted by Gasteiger charge is -2.32. The molecule has 1 N–H and O–H groups in total. The predicted octanol–water partition coefficient (Wildman–Crippen LogP) is 2.98. The lowest BCUT2D eigenvalue weighted by Crippen LogP contribution is -2.35. The zero-order valence-corrected chi connectivity index (χ0v) is 16.4. The van der Waals surface area contributed by atoms with E-state index in [1.165, 1.54) is 0 Å². The number of halogens is 2. The lowest BCUT2D eigenvalue weighted by molar-refractivity contribution is -0.0508. The molecule has 0 bridgehead atoms. The maximum absolute atomic E-state index is 12.8. The highest BCUT2D eigenvalue weighted by Crippen LogP contribution is 2.31. The fourth-order valence-electron chi connectivity index (χ4n) is 4.19. The van der Waals surface area contributed by atoms with Crippen LogP contribution in [0.5, 0.6) is 5.75 Å². The quantitative estimate of drug-likeness (QED) is 0.849. The van der Waals surface area contributed by atoms with E-state index in [0.29, 0.717) is 18.2 Å². The number of hydrogen-bond acceptors (Lipinski definition) is 5. The van der Waals surface area contributed by atoms with Gasteiger partial charge in [-0.2, -0.15) is 8.78 Å². The molecule has 2 aliphatic rings. The maximum Gasteiger partial charge on any atom is 0.387 e. The van der Waals surface area contributed by atoms with Gasteiger partial charge in [0.25, 0.3) is 0 Å². The largest absolute Gasteiger partial charge is 0.434 e. The van der Waals surface area contributed by atoms with Gasteiger partial charge >= 0.3 is 6.61 Å². The van der Waals surface area contributed by atoms with E-state index in [1.807, 2.05) is 19.9 Å². The first-order chi connectivity index (χ1) is 13.5. The van der Waals surface area contributed by atoms with Crippen LogP contribution in [0.15, 0.2) is 12.1 Å². The van der Waals surface area contributed by atoms with E-state index in [4.69, 9.17) is 4.74 Å². The van der Waals surface area contributed by atoms with Crippen LogP contribution in [0, 0.1) is 13.8 Å². The molecule has 3 heterocycles. The van der Waals surface area contributed by atoms with Gasteiger partial charge in [0.2, 0.25) is 0 Å². The Kier molecular flexibility index (Phi) is 5.59. The summed E-state index contributed by atoms with van der Waals surface area (Å²) >= 11 is 0. The molecule has 0 aliphatic carbocycles. The summed E-state index contributed by atoms with van der Waals surface area (Å²) in [5, 5.41) is 12.1. The SMILES string of the molecule is Cc1cc(CN2CCC(c3nnc4n3CCNC4)CC2)c(OC(F)F)cc1C. The van der Waals surface area contributed by atoms with Crippen LogP contribution in [-0.2, 0) is 19.6 Å². The summed E-state index contributed by atoms with van der Waals surface area (Å²) in [5.74, 6) is 2.82. The number of piperidine rings is 1. The van der Waals surface area contributed by atoms with Gasteiger partial charge in [-0.1, -0.05) is 6.07 Å². The van der Waals surface area contributed by atoms with Crippen LogP contribution in [0.3, 0.4) is 0 Å². The van der Waals surface area contributed by atoms with Gasteiger partial charge in [0.15, 0.2) is 0 Å². The van der Waals surface area contributed by atoms with Crippen molar-refractivity contribution >= 4 is 0 Å². The Hall–Kier alpha value is -2.06. The van der Waals surface area contributed by atoms with Crippen LogP contribution in [0.4, 0.5) is 8.78 Å². The van der Waals surface area contributed by atoms with E-state index in [-0.39, 0.29) is 0 Å². The summed E-state index contributed by atoms with van der Waals surface area (Å²) in [6.07, 6.45) is 2.00. The first kappa shape index (κ1) is 19.3. The van der Waals surface area contributed by atoms with Crippen molar-refractivity contribution in [3.63, 3.8) is 0 Å². The Balaban J connectivity index is 1.42. The molecule has 1 aromatic carbocycles. The van der Waals surface area contributed by atoms with Gasteiger partial charge in [-0.25, -0.2) is 0 Å². The predicted molar refractivity (Wildman–Crippen MR) is 102 cm³/mol. The van der Waals surface area contributed by atoms with Gasteiger partial charge in [0, 0.05) is 31.1 Å². The van der Waals surface area contributed by atoms with Crippen molar-refractivity contribution in [1.29, 1.82) is 0 Å². The molecule has 2 aliphatic heterocycles. The van der Waals surface area contributed by atoms with Gasteiger partial charge in [-0.15, -0.1) is 10.2 Å². The van der Waals surface area contributed by atoms with E-state index in [1.54, 1.807) is 6.07 Å². The highest BCUT2D eigenvalue weighted by atomic mass is 19.3. The zero-order valence-electron chi connectivity index (χ0n) is 16.4. The maximum atomic E-state index is 12.8. The fourth-order valence-corrected chi connectivity index (χ4v) is 4.19. The normalized spacial score (nSPS) is 18.5. The minimum absolute atomic E-state index is 0.291. The Morgan fingerprint density at radius 1 is 1.14 bits per heavy atom. The summed E-state index contributed by atoms with van der Waals surface area (Å²) in [6, 6.07) is 3.70. The minimum atomic E-state index is -2.81. The third-order valence-electron chi connectivity index (χ3n) is 5.89. The molecule has 6 nitrogen and oxygen atoms in total. The zero-order chi connectivity index (χ0) is 19.7. The minimum Gasteiger partial charge on any atom is -0.434 e. The molecule has 28 heavy (non-hydrogen) atoms. The number of nitrogens with zero attached hydrogens (tertiary/aromatic N) is 4. The van der Waals surface area contributed by atoms with Gasteiger partial charge in [0.05, 0.1) is 6.54 Å². The number of aromatic nitrogens is 3. The molecule has 0 unspecified atom stereocenters. The van der Waals surface area contributed by atoms with Gasteiger partial charge in [-0.05, 0) is 57.0 Å². The van der Waals surface area contributed by atoms with Crippen molar-refractivity contribution in [2.75, 3.05) is 19.6 Å². The monoisotopic (exact) mass is 391 g/mol. The van der Waals surface area contributed by atoms with Crippen molar-refractivity contribution in [1.82, 2.24) is 25.0 Å². The standard InChI is InChI=1S/C20H27F2N5O/c1-13-9-16(17(10-14(13)2)28-20(21)22)12-26-6-3-15(4-7-26)19-25-24-18-11-23-5-8-27(18)19/h9-10,15,20,23H,3-8,11-12H2,1-2H3. The fraction of sp³-hybridized carbons (Fsp3) is 0.600. The topological polar surface area (TPSA) is 55.2 Å². The summed E-state index contributed by atoms with van der Waals surface area (Å²) in [5.41, 5.74) is 2.88. The third kappa shape index (κ3) is 4.03. The Labute approximate surface area is 163 Å². The molecule has 1 fully saturated rings. The first-order valence-electron chi connectivity index (χ1n) is 9.91. The van der Waals surface area contributed by atoms with Crippen molar-refractivity contribution in [3.8, 4) is 5.75 Å². The van der Waals surface area contributed by atoms with Crippen LogP contribution in [0.1, 0.15) is 47.1 Å². The van der Waals surface area contributed by atoms with Crippen LogP contribution < -0.4 is 10.1 Å². The molecule has 0 radical (unpaired) electrons. The Morgan fingerprint density at radius 3 is 2.64 bits per heavy atom. The summed E-state index contributed by atoms with van der Waals surface area (Å²) < 4.78 is 32.6. The molecular formula is C20H27F2N5O. The van der Waals surface area contributed by atoms with Gasteiger partial charge in [0.1, 0.15) is 17.4 Å². The number of nitrogens with one attached hydrogen (secondary N) is 1. The van der Waals surface area contributed by atoms with Crippen molar-refractivity contribution in [3.05, 3.63) is 40.5 Å². The van der Waals surface area contributed by atoms with E-state index >= 15 is 0 Å². The molecule has 8 heteroatoms. The molecule has 4 rings (SSSR count). The molecule has 0 saturated carbocycles. The molecule has 1 saturated heterocycles. The molecule has 2 aromatic rings. The summed E-state index contributed by atoms with van der Waals surface area (Å²) in [7, 11) is 0. The smallest absolute Gasteiger partial charge is 0.387 e. The van der Waals surface area contributed by atoms with Crippen LogP contribution >= 0.6 is 0 Å². The van der Waals surface area contributed by atoms with Gasteiger partial charge < -0.3 is 14.6 Å². The third-order valence-corrected chi connectivity index (χ3v) is 5.89. The number of benzene rings is 1. The van der Waals surface area contributed by atoms with Crippen molar-refractivity contribution in [2.45, 2.75) is 58.9 Å². The van der Waals surface area contributed by atoms with Crippen LogP contribution in [0.2, 0.25) is 0 Å². The lowest BCUT2D eigenvalue weighted by atomic mass is 9.95.